The van der Waals surface area contributed by atoms with E-state index in [1.165, 1.54) is 64.7 Å². The van der Waals surface area contributed by atoms with Gasteiger partial charge in [-0.2, -0.15) is 0 Å². The van der Waals surface area contributed by atoms with E-state index in [9.17, 15) is 0 Å². The highest BCUT2D eigenvalue weighted by Crippen LogP contribution is 2.26. The maximum Gasteiger partial charge on any atom is 0.0707 e. The maximum absolute atomic E-state index is 5.84. The summed E-state index contributed by atoms with van der Waals surface area (Å²) in [6.07, 6.45) is 9.15. The predicted molar refractivity (Wildman–Crippen MR) is 66.7 cm³/mol. The van der Waals surface area contributed by atoms with E-state index in [0.29, 0.717) is 12.2 Å². The Hall–Kier alpha value is -0.120. The molecular formula is C13H26N2O. The van der Waals surface area contributed by atoms with Gasteiger partial charge in [-0.05, 0) is 45.8 Å². The monoisotopic (exact) mass is 226 g/mol. The molecule has 3 nitrogen and oxygen atoms in total. The minimum atomic E-state index is 0.558. The van der Waals surface area contributed by atoms with Crippen LogP contribution in [-0.2, 0) is 4.74 Å². The molecule has 0 aromatic rings. The summed E-state index contributed by atoms with van der Waals surface area (Å²) in [5.41, 5.74) is 0. The number of nitrogens with zero attached hydrogens (tertiary/aromatic N) is 1. The lowest BCUT2D eigenvalue weighted by atomic mass is 10.2. The normalized spacial score (nSPS) is 29.8. The molecule has 2 rings (SSSR count). The lowest BCUT2D eigenvalue weighted by Gasteiger charge is -2.32. The molecule has 0 aromatic carbocycles. The van der Waals surface area contributed by atoms with Gasteiger partial charge in [0.25, 0.3) is 0 Å². The van der Waals surface area contributed by atoms with Gasteiger partial charge >= 0.3 is 0 Å². The summed E-state index contributed by atoms with van der Waals surface area (Å²) in [5, 5.41) is 3.20. The fourth-order valence-corrected chi connectivity index (χ4v) is 2.87. The third-order valence-electron chi connectivity index (χ3n) is 3.77. The van der Waals surface area contributed by atoms with E-state index in [4.69, 9.17) is 4.74 Å². The number of morpholine rings is 1. The van der Waals surface area contributed by atoms with Gasteiger partial charge in [0.15, 0.2) is 0 Å². The summed E-state index contributed by atoms with van der Waals surface area (Å²) in [5.74, 6) is 0. The molecule has 16 heavy (non-hydrogen) atoms. The molecule has 2 heterocycles. The Kier molecular flexibility index (Phi) is 5.07. The molecule has 2 aliphatic rings. The fraction of sp³-hybridized carbons (Fsp3) is 1.00. The Morgan fingerprint density at radius 1 is 1.06 bits per heavy atom. The van der Waals surface area contributed by atoms with Gasteiger partial charge in [-0.3, -0.25) is 4.90 Å². The van der Waals surface area contributed by atoms with Gasteiger partial charge in [-0.25, -0.2) is 0 Å². The van der Waals surface area contributed by atoms with Gasteiger partial charge in [0.05, 0.1) is 12.2 Å². The number of hydrogen-bond donors (Lipinski definition) is 1. The first kappa shape index (κ1) is 12.3. The highest BCUT2D eigenvalue weighted by molar-refractivity contribution is 4.84. The standard InChI is InChI=1S/C13H26N2O/c1-14-8-4-2-3-5-9-15-10-12-6-7-13(11-15)16-12/h12-14H,2-11H2,1H3. The van der Waals surface area contributed by atoms with Gasteiger partial charge in [0, 0.05) is 13.1 Å². The molecule has 0 radical (unpaired) electrons. The topological polar surface area (TPSA) is 24.5 Å². The van der Waals surface area contributed by atoms with Crippen LogP contribution in [0, 0.1) is 0 Å². The third-order valence-corrected chi connectivity index (χ3v) is 3.77. The first-order chi connectivity index (χ1) is 7.88. The zero-order valence-corrected chi connectivity index (χ0v) is 10.6. The first-order valence-electron chi connectivity index (χ1n) is 6.91. The van der Waals surface area contributed by atoms with Crippen molar-refractivity contribution in [1.82, 2.24) is 10.2 Å². The van der Waals surface area contributed by atoms with Crippen LogP contribution in [0.5, 0.6) is 0 Å². The molecule has 0 aliphatic carbocycles. The van der Waals surface area contributed by atoms with Crippen LogP contribution in [0.4, 0.5) is 0 Å². The Morgan fingerprint density at radius 3 is 2.44 bits per heavy atom. The van der Waals surface area contributed by atoms with Gasteiger partial charge in [0.2, 0.25) is 0 Å². The average Bonchev–Trinajstić information content (AvgIpc) is 2.63. The summed E-state index contributed by atoms with van der Waals surface area (Å²) in [4.78, 5) is 2.61. The van der Waals surface area contributed by atoms with Crippen LogP contribution in [0.15, 0.2) is 0 Å². The molecule has 2 bridgehead atoms. The van der Waals surface area contributed by atoms with Crippen LogP contribution >= 0.6 is 0 Å². The third kappa shape index (κ3) is 3.72. The smallest absolute Gasteiger partial charge is 0.0707 e. The van der Waals surface area contributed by atoms with Crippen LogP contribution in [0.2, 0.25) is 0 Å². The molecule has 94 valence electrons. The molecule has 2 fully saturated rings. The van der Waals surface area contributed by atoms with Crippen LogP contribution in [0.25, 0.3) is 0 Å². The molecule has 2 unspecified atom stereocenters. The summed E-state index contributed by atoms with van der Waals surface area (Å²) >= 11 is 0. The Labute approximate surface area is 99.5 Å². The minimum Gasteiger partial charge on any atom is -0.372 e. The second-order valence-electron chi connectivity index (χ2n) is 5.23. The number of likely N-dealkylation sites (tertiary alicyclic amines) is 1. The van der Waals surface area contributed by atoms with E-state index in [-0.39, 0.29) is 0 Å². The Bertz CT molecular complexity index is 186. The number of hydrogen-bond acceptors (Lipinski definition) is 3. The van der Waals surface area contributed by atoms with Crippen molar-refractivity contribution in [2.45, 2.75) is 50.7 Å². The molecule has 2 saturated heterocycles. The van der Waals surface area contributed by atoms with Gasteiger partial charge in [-0.1, -0.05) is 12.8 Å². The van der Waals surface area contributed by atoms with Crippen LogP contribution < -0.4 is 5.32 Å². The number of ether oxygens (including phenoxy) is 1. The van der Waals surface area contributed by atoms with Crippen LogP contribution in [0.1, 0.15) is 38.5 Å². The van der Waals surface area contributed by atoms with Crippen molar-refractivity contribution < 1.29 is 4.74 Å². The summed E-state index contributed by atoms with van der Waals surface area (Å²) in [6, 6.07) is 0. The highest BCUT2D eigenvalue weighted by Gasteiger charge is 2.32. The minimum absolute atomic E-state index is 0.558. The molecule has 0 saturated carbocycles. The Morgan fingerprint density at radius 2 is 1.75 bits per heavy atom. The average molecular weight is 226 g/mol. The number of rotatable bonds is 7. The molecule has 1 N–H and O–H groups in total. The number of unbranched alkanes of at least 4 members (excludes halogenated alkanes) is 3. The lowest BCUT2D eigenvalue weighted by Crippen LogP contribution is -2.42. The van der Waals surface area contributed by atoms with Crippen molar-refractivity contribution in [3.63, 3.8) is 0 Å². The van der Waals surface area contributed by atoms with Crippen molar-refractivity contribution in [2.24, 2.45) is 0 Å². The molecule has 2 atom stereocenters. The van der Waals surface area contributed by atoms with Crippen molar-refractivity contribution in [3.8, 4) is 0 Å². The first-order valence-corrected chi connectivity index (χ1v) is 6.91. The second-order valence-corrected chi connectivity index (χ2v) is 5.23. The lowest BCUT2D eigenvalue weighted by molar-refractivity contribution is -0.0385. The fourth-order valence-electron chi connectivity index (χ4n) is 2.87. The largest absolute Gasteiger partial charge is 0.372 e. The summed E-state index contributed by atoms with van der Waals surface area (Å²) < 4.78 is 5.84. The SMILES string of the molecule is CNCCCCCCN1CC2CCC(C1)O2. The summed E-state index contributed by atoms with van der Waals surface area (Å²) in [6.45, 7) is 4.83. The Balaban J connectivity index is 1.50. The molecule has 2 aliphatic heterocycles. The van der Waals surface area contributed by atoms with E-state index >= 15 is 0 Å². The zero-order chi connectivity index (χ0) is 11.2. The van der Waals surface area contributed by atoms with Gasteiger partial charge in [-0.15, -0.1) is 0 Å². The molecule has 3 heteroatoms. The summed E-state index contributed by atoms with van der Waals surface area (Å²) in [7, 11) is 2.03. The van der Waals surface area contributed by atoms with Crippen molar-refractivity contribution in [1.29, 1.82) is 0 Å². The quantitative estimate of drug-likeness (QED) is 0.668. The second kappa shape index (κ2) is 6.58. The van der Waals surface area contributed by atoms with E-state index in [0.717, 1.165) is 0 Å². The number of fused-ring (bicyclic) bond motifs is 2. The van der Waals surface area contributed by atoms with Crippen molar-refractivity contribution in [2.75, 3.05) is 33.2 Å². The van der Waals surface area contributed by atoms with E-state index in [2.05, 4.69) is 10.2 Å². The van der Waals surface area contributed by atoms with Crippen molar-refractivity contribution in [3.05, 3.63) is 0 Å². The number of nitrogens with one attached hydrogen (secondary N) is 1. The van der Waals surface area contributed by atoms with Gasteiger partial charge < -0.3 is 10.1 Å². The molecular weight excluding hydrogens is 200 g/mol. The van der Waals surface area contributed by atoms with Gasteiger partial charge in [0.1, 0.15) is 0 Å². The van der Waals surface area contributed by atoms with E-state index < -0.39 is 0 Å². The molecule has 0 amide bonds. The molecule has 0 aromatic heterocycles. The van der Waals surface area contributed by atoms with E-state index in [1.807, 2.05) is 7.05 Å². The zero-order valence-electron chi connectivity index (χ0n) is 10.6. The van der Waals surface area contributed by atoms with Crippen LogP contribution in [-0.4, -0.2) is 50.3 Å². The molecule has 0 spiro atoms. The predicted octanol–water partition coefficient (Wildman–Crippen LogP) is 1.63. The maximum atomic E-state index is 5.84. The van der Waals surface area contributed by atoms with Crippen molar-refractivity contribution >= 4 is 0 Å². The van der Waals surface area contributed by atoms with Crippen LogP contribution in [0.3, 0.4) is 0 Å². The van der Waals surface area contributed by atoms with E-state index in [1.54, 1.807) is 0 Å². The highest BCUT2D eigenvalue weighted by atomic mass is 16.5.